The molecule has 0 aromatic carbocycles. The smallest absolute Gasteiger partial charge is 0.220 e. The summed E-state index contributed by atoms with van der Waals surface area (Å²) >= 11 is 0. The molecule has 1 aliphatic rings. The van der Waals surface area contributed by atoms with Gasteiger partial charge in [0, 0.05) is 19.9 Å². The number of amides is 2. The van der Waals surface area contributed by atoms with Crippen LogP contribution in [0.5, 0.6) is 0 Å². The zero-order valence-electron chi connectivity index (χ0n) is 20.7. The molecule has 2 unspecified atom stereocenters. The van der Waals surface area contributed by atoms with Crippen LogP contribution in [0, 0.1) is 0 Å². The largest absolute Gasteiger partial charge is 0.394 e. The van der Waals surface area contributed by atoms with Crippen molar-refractivity contribution in [2.24, 2.45) is 0 Å². The zero-order valence-corrected chi connectivity index (χ0v) is 20.7. The van der Waals surface area contributed by atoms with Crippen molar-refractivity contribution in [3.8, 4) is 0 Å². The molecule has 2 amide bonds. The highest BCUT2D eigenvalue weighted by Crippen LogP contribution is 2.22. The molecule has 1 rings (SSSR count). The molecule has 0 radical (unpaired) electrons. The molecular weight excluding hydrogens is 464 g/mol. The lowest BCUT2D eigenvalue weighted by Gasteiger charge is -2.40. The minimum Gasteiger partial charge on any atom is -0.394 e. The Bertz CT molecular complexity index is 609. The second-order valence-electron chi connectivity index (χ2n) is 8.99. The molecule has 12 heteroatoms. The van der Waals surface area contributed by atoms with E-state index in [1.165, 1.54) is 7.05 Å². The summed E-state index contributed by atoms with van der Waals surface area (Å²) in [6, 6.07) is -1.08. The van der Waals surface area contributed by atoms with Crippen molar-refractivity contribution >= 4 is 11.8 Å². The van der Waals surface area contributed by atoms with E-state index in [2.05, 4.69) is 17.6 Å². The maximum absolute atomic E-state index is 12.5. The van der Waals surface area contributed by atoms with Gasteiger partial charge in [-0.25, -0.2) is 0 Å². The molecule has 1 saturated heterocycles. The van der Waals surface area contributed by atoms with Crippen LogP contribution in [0.3, 0.4) is 0 Å². The van der Waals surface area contributed by atoms with Gasteiger partial charge in [0.1, 0.15) is 30.5 Å². The van der Waals surface area contributed by atoms with Crippen LogP contribution >= 0.6 is 0 Å². The fourth-order valence-electron chi connectivity index (χ4n) is 3.83. The lowest BCUT2D eigenvalue weighted by Crippen LogP contribution is -2.60. The first-order valence-corrected chi connectivity index (χ1v) is 12.4. The average molecular weight is 509 g/mol. The Morgan fingerprint density at radius 1 is 0.943 bits per heavy atom. The van der Waals surface area contributed by atoms with Crippen molar-refractivity contribution < 1.29 is 49.7 Å². The van der Waals surface area contributed by atoms with Crippen LogP contribution in [-0.2, 0) is 19.1 Å². The zero-order chi connectivity index (χ0) is 26.4. The quantitative estimate of drug-likeness (QED) is 0.105. The molecule has 0 bridgehead atoms. The van der Waals surface area contributed by atoms with E-state index >= 15 is 0 Å². The van der Waals surface area contributed by atoms with Gasteiger partial charge in [-0.05, 0) is 19.3 Å². The number of hydrogen-bond donors (Lipinski definition) is 8. The number of hydrogen-bond acceptors (Lipinski definition) is 10. The maximum atomic E-state index is 12.5. The summed E-state index contributed by atoms with van der Waals surface area (Å²) in [5.41, 5.74) is 0. The van der Waals surface area contributed by atoms with E-state index < -0.39 is 62.2 Å². The summed E-state index contributed by atoms with van der Waals surface area (Å²) in [4.78, 5) is 23.9. The van der Waals surface area contributed by atoms with Crippen molar-refractivity contribution in [3.63, 3.8) is 0 Å². The average Bonchev–Trinajstić information content (AvgIpc) is 2.85. The van der Waals surface area contributed by atoms with Gasteiger partial charge in [0.05, 0.1) is 25.4 Å². The molecule has 0 aromatic heterocycles. The Labute approximate surface area is 206 Å². The van der Waals surface area contributed by atoms with Gasteiger partial charge in [-0.15, -0.1) is 0 Å². The molecule has 8 atom stereocenters. The highest BCUT2D eigenvalue weighted by molar-refractivity contribution is 5.76. The summed E-state index contributed by atoms with van der Waals surface area (Å²) in [5, 5.41) is 65.6. The number of unbranched alkanes of at least 4 members (excludes halogenated alkanes) is 4. The van der Waals surface area contributed by atoms with E-state index in [0.717, 1.165) is 25.7 Å². The highest BCUT2D eigenvalue weighted by Gasteiger charge is 2.44. The van der Waals surface area contributed by atoms with Crippen LogP contribution < -0.4 is 10.6 Å². The molecule has 0 aromatic rings. The fourth-order valence-corrected chi connectivity index (χ4v) is 3.83. The maximum Gasteiger partial charge on any atom is 0.220 e. The van der Waals surface area contributed by atoms with E-state index in [9.17, 15) is 40.2 Å². The van der Waals surface area contributed by atoms with E-state index in [0.29, 0.717) is 12.8 Å². The molecule has 8 N–H and O–H groups in total. The first-order chi connectivity index (χ1) is 16.7. The summed E-state index contributed by atoms with van der Waals surface area (Å²) in [5.74, 6) is -0.550. The van der Waals surface area contributed by atoms with Crippen LogP contribution in [0.4, 0.5) is 0 Å². The molecule has 1 fully saturated rings. The standard InChI is InChI=1S/C23H44N2O10/c1-3-4-5-6-7-10-18(29)25-14(19(30)15(27)9-8-11-17(28)24-2)13-34-23-22(33)21(32)20(31)16(12-26)35-23/h14-16,19-23,26-27,30-33H,3-13H2,1-2H3,(H,24,28)(H,25,29)/t14-,15+,16?,19-,20-,21?,22-,23-/m0/s1. The topological polar surface area (TPSA) is 198 Å². The third-order valence-electron chi connectivity index (χ3n) is 6.13. The number of ether oxygens (including phenoxy) is 2. The predicted octanol–water partition coefficient (Wildman–Crippen LogP) is -1.71. The molecule has 206 valence electrons. The number of rotatable bonds is 17. The molecule has 0 aliphatic carbocycles. The van der Waals surface area contributed by atoms with E-state index in [4.69, 9.17) is 9.47 Å². The van der Waals surface area contributed by atoms with Crippen molar-refractivity contribution in [1.29, 1.82) is 0 Å². The molecular formula is C23H44N2O10. The molecule has 0 saturated carbocycles. The third kappa shape index (κ3) is 11.0. The molecule has 12 nitrogen and oxygen atoms in total. The second kappa shape index (κ2) is 17.1. The second-order valence-corrected chi connectivity index (χ2v) is 8.99. The number of carbonyl (C=O) groups is 2. The van der Waals surface area contributed by atoms with Gasteiger partial charge in [-0.2, -0.15) is 0 Å². The van der Waals surface area contributed by atoms with Gasteiger partial charge < -0.3 is 50.7 Å². The van der Waals surface area contributed by atoms with Crippen molar-refractivity contribution in [1.82, 2.24) is 10.6 Å². The summed E-state index contributed by atoms with van der Waals surface area (Å²) in [7, 11) is 1.50. The Hall–Kier alpha value is -1.38. The molecule has 0 spiro atoms. The SMILES string of the molecule is CCCCCCCC(=O)N[C@@H](CO[C@H]1OC(CO)[C@H](O)C(O)[C@@H]1O)[C@H](O)[C@H](O)CCCC(=O)NC. The van der Waals surface area contributed by atoms with Crippen LogP contribution in [0.15, 0.2) is 0 Å². The lowest BCUT2D eigenvalue weighted by molar-refractivity contribution is -0.303. The van der Waals surface area contributed by atoms with Gasteiger partial charge in [0.15, 0.2) is 6.29 Å². The Balaban J connectivity index is 2.75. The Morgan fingerprint density at radius 2 is 1.60 bits per heavy atom. The number of aliphatic hydroxyl groups is 6. The van der Waals surface area contributed by atoms with Gasteiger partial charge in [-0.1, -0.05) is 32.6 Å². The van der Waals surface area contributed by atoms with Crippen LogP contribution in [0.2, 0.25) is 0 Å². The van der Waals surface area contributed by atoms with Crippen LogP contribution in [0.25, 0.3) is 0 Å². The van der Waals surface area contributed by atoms with Gasteiger partial charge >= 0.3 is 0 Å². The summed E-state index contributed by atoms with van der Waals surface area (Å²) < 4.78 is 10.8. The minimum absolute atomic E-state index is 0.0953. The molecule has 35 heavy (non-hydrogen) atoms. The van der Waals surface area contributed by atoms with Crippen LogP contribution in [0.1, 0.15) is 64.7 Å². The van der Waals surface area contributed by atoms with Gasteiger partial charge in [0.25, 0.3) is 0 Å². The van der Waals surface area contributed by atoms with Crippen molar-refractivity contribution in [2.45, 2.75) is 114 Å². The fraction of sp³-hybridized carbons (Fsp3) is 0.913. The Morgan fingerprint density at radius 3 is 2.23 bits per heavy atom. The normalized spacial score (nSPS) is 27.1. The van der Waals surface area contributed by atoms with Gasteiger partial charge in [0.2, 0.25) is 11.8 Å². The van der Waals surface area contributed by atoms with E-state index in [-0.39, 0.29) is 31.1 Å². The first kappa shape index (κ1) is 31.6. The van der Waals surface area contributed by atoms with Gasteiger partial charge in [-0.3, -0.25) is 9.59 Å². The third-order valence-corrected chi connectivity index (χ3v) is 6.13. The van der Waals surface area contributed by atoms with E-state index in [1.54, 1.807) is 0 Å². The molecule has 1 aliphatic heterocycles. The summed E-state index contributed by atoms with van der Waals surface area (Å²) in [6.07, 6.45) is -4.66. The van der Waals surface area contributed by atoms with E-state index in [1.807, 2.05) is 0 Å². The Kier molecular flexibility index (Phi) is 15.5. The molecule has 1 heterocycles. The highest BCUT2D eigenvalue weighted by atomic mass is 16.7. The number of aliphatic hydroxyl groups excluding tert-OH is 6. The van der Waals surface area contributed by atoms with Crippen LogP contribution in [-0.4, -0.2) is 112 Å². The minimum atomic E-state index is -1.64. The first-order valence-electron chi connectivity index (χ1n) is 12.4. The lowest BCUT2D eigenvalue weighted by atomic mass is 9.99. The van der Waals surface area contributed by atoms with Crippen molar-refractivity contribution in [3.05, 3.63) is 0 Å². The predicted molar refractivity (Wildman–Crippen MR) is 125 cm³/mol. The summed E-state index contributed by atoms with van der Waals surface area (Å²) in [6.45, 7) is 1.07. The number of carbonyl (C=O) groups excluding carboxylic acids is 2. The number of nitrogens with one attached hydrogen (secondary N) is 2. The van der Waals surface area contributed by atoms with Crippen molar-refractivity contribution in [2.75, 3.05) is 20.3 Å². The monoisotopic (exact) mass is 508 g/mol.